The summed E-state index contributed by atoms with van der Waals surface area (Å²) in [4.78, 5) is 18.4. The SMILES string of the molecule is CC(CC1(O)CCN(C(=O)c2ccc(NS(=O)(=O)c3cccc4sc(N)nc34)cc2)CC1)C(F)(F)F. The molecule has 4 N–H and O–H groups in total. The number of alkyl halides is 3. The van der Waals surface area contributed by atoms with Crippen LogP contribution in [0.3, 0.4) is 0 Å². The summed E-state index contributed by atoms with van der Waals surface area (Å²) in [7, 11) is -3.98. The van der Waals surface area contributed by atoms with Gasteiger partial charge in [0.15, 0.2) is 5.13 Å². The predicted octanol–water partition coefficient (Wildman–Crippen LogP) is 4.23. The molecule has 4 rings (SSSR count). The van der Waals surface area contributed by atoms with Gasteiger partial charge in [0, 0.05) is 24.3 Å². The number of hydrogen-bond acceptors (Lipinski definition) is 7. The van der Waals surface area contributed by atoms with Gasteiger partial charge in [-0.3, -0.25) is 9.52 Å². The number of nitrogens with zero attached hydrogens (tertiary/aromatic N) is 2. The number of halogens is 3. The quantitative estimate of drug-likeness (QED) is 0.428. The number of sulfonamides is 1. The van der Waals surface area contributed by atoms with Gasteiger partial charge in [-0.1, -0.05) is 24.3 Å². The van der Waals surface area contributed by atoms with E-state index in [2.05, 4.69) is 9.71 Å². The Hall–Kier alpha value is -2.90. The molecule has 13 heteroatoms. The highest BCUT2D eigenvalue weighted by molar-refractivity contribution is 7.93. The second kappa shape index (κ2) is 9.52. The molecule has 1 unspecified atom stereocenters. The zero-order valence-electron chi connectivity index (χ0n) is 19.2. The van der Waals surface area contributed by atoms with Gasteiger partial charge < -0.3 is 15.7 Å². The number of fused-ring (bicyclic) bond motifs is 1. The van der Waals surface area contributed by atoms with Gasteiger partial charge in [0.25, 0.3) is 15.9 Å². The van der Waals surface area contributed by atoms with Crippen LogP contribution in [0.2, 0.25) is 0 Å². The zero-order valence-corrected chi connectivity index (χ0v) is 20.9. The van der Waals surface area contributed by atoms with Crippen LogP contribution in [0, 0.1) is 5.92 Å². The van der Waals surface area contributed by atoms with Crippen LogP contribution in [0.15, 0.2) is 47.4 Å². The fourth-order valence-corrected chi connectivity index (χ4v) is 6.30. The molecule has 1 fully saturated rings. The Morgan fingerprint density at radius 2 is 1.86 bits per heavy atom. The highest BCUT2D eigenvalue weighted by Gasteiger charge is 2.43. The molecule has 1 aliphatic heterocycles. The molecule has 0 aliphatic carbocycles. The van der Waals surface area contributed by atoms with Crippen LogP contribution in [0.25, 0.3) is 10.2 Å². The molecule has 0 radical (unpaired) electrons. The Bertz CT molecular complexity index is 1370. The lowest BCUT2D eigenvalue weighted by molar-refractivity contribution is -0.187. The summed E-state index contributed by atoms with van der Waals surface area (Å²) in [5.41, 5.74) is 5.04. The molecule has 1 atom stereocenters. The second-order valence-corrected chi connectivity index (χ2v) is 11.7. The van der Waals surface area contributed by atoms with Crippen molar-refractivity contribution in [3.05, 3.63) is 48.0 Å². The Morgan fingerprint density at radius 3 is 2.47 bits per heavy atom. The molecule has 0 saturated carbocycles. The lowest BCUT2D eigenvalue weighted by Crippen LogP contribution is -2.48. The maximum atomic E-state index is 12.9. The monoisotopic (exact) mass is 542 g/mol. The summed E-state index contributed by atoms with van der Waals surface area (Å²) in [5.74, 6) is -1.99. The molecule has 8 nitrogen and oxygen atoms in total. The van der Waals surface area contributed by atoms with Gasteiger partial charge in [-0.2, -0.15) is 13.2 Å². The maximum Gasteiger partial charge on any atom is 0.391 e. The van der Waals surface area contributed by atoms with Gasteiger partial charge >= 0.3 is 6.18 Å². The summed E-state index contributed by atoms with van der Waals surface area (Å²) < 4.78 is 67.6. The lowest BCUT2D eigenvalue weighted by atomic mass is 9.83. The maximum absolute atomic E-state index is 12.9. The number of piperidine rings is 1. The van der Waals surface area contributed by atoms with Crippen molar-refractivity contribution >= 4 is 48.3 Å². The average molecular weight is 543 g/mol. The van der Waals surface area contributed by atoms with Crippen LogP contribution in [-0.2, 0) is 10.0 Å². The van der Waals surface area contributed by atoms with Crippen LogP contribution in [0.1, 0.15) is 36.5 Å². The molecule has 1 saturated heterocycles. The first kappa shape index (κ1) is 26.2. The molecule has 0 spiro atoms. The number of amides is 1. The van der Waals surface area contributed by atoms with Gasteiger partial charge in [0.05, 0.1) is 16.2 Å². The zero-order chi connectivity index (χ0) is 26.3. The number of para-hydroxylation sites is 1. The average Bonchev–Trinajstić information content (AvgIpc) is 3.18. The lowest BCUT2D eigenvalue weighted by Gasteiger charge is -2.39. The number of hydrogen-bond donors (Lipinski definition) is 3. The third-order valence-corrected chi connectivity index (χ3v) is 8.56. The number of likely N-dealkylation sites (tertiary alicyclic amines) is 1. The van der Waals surface area contributed by atoms with Gasteiger partial charge in [-0.05, 0) is 55.7 Å². The number of aromatic nitrogens is 1. The molecule has 1 aromatic heterocycles. The molecule has 1 aliphatic rings. The van der Waals surface area contributed by atoms with Crippen molar-refractivity contribution in [2.45, 2.75) is 42.9 Å². The molecular formula is C23H25F3N4O4S2. The van der Waals surface area contributed by atoms with E-state index in [-0.39, 0.29) is 53.1 Å². The van der Waals surface area contributed by atoms with Crippen molar-refractivity contribution in [3.63, 3.8) is 0 Å². The van der Waals surface area contributed by atoms with Gasteiger partial charge in [-0.25, -0.2) is 13.4 Å². The van der Waals surface area contributed by atoms with E-state index in [4.69, 9.17) is 5.73 Å². The van der Waals surface area contributed by atoms with Gasteiger partial charge in [0.1, 0.15) is 10.4 Å². The van der Waals surface area contributed by atoms with Crippen LogP contribution in [0.4, 0.5) is 24.0 Å². The standard InChI is InChI=1S/C23H25F3N4O4S2/c1-14(23(24,25)26)13-22(32)9-11-30(12-10-22)20(31)15-5-7-16(8-6-15)29-36(33,34)18-4-2-3-17-19(18)28-21(27)35-17/h2-8,14,29,32H,9-13H2,1H3,(H2,27,28). The Morgan fingerprint density at radius 1 is 1.22 bits per heavy atom. The Balaban J connectivity index is 1.41. The van der Waals surface area contributed by atoms with Crippen LogP contribution < -0.4 is 10.5 Å². The van der Waals surface area contributed by atoms with E-state index < -0.39 is 34.1 Å². The van der Waals surface area contributed by atoms with Crippen molar-refractivity contribution in [1.29, 1.82) is 0 Å². The fraction of sp³-hybridized carbons (Fsp3) is 0.391. The first-order valence-electron chi connectivity index (χ1n) is 11.1. The topological polar surface area (TPSA) is 126 Å². The molecule has 0 bridgehead atoms. The predicted molar refractivity (Wildman–Crippen MR) is 131 cm³/mol. The van der Waals surface area contributed by atoms with Crippen molar-refractivity contribution in [2.24, 2.45) is 5.92 Å². The Labute approximate surface area is 210 Å². The minimum atomic E-state index is -4.38. The first-order valence-corrected chi connectivity index (χ1v) is 13.4. The summed E-state index contributed by atoms with van der Waals surface area (Å²) in [6.07, 6.45) is -4.70. The highest BCUT2D eigenvalue weighted by Crippen LogP contribution is 2.37. The second-order valence-electron chi connectivity index (χ2n) is 9.00. The van der Waals surface area contributed by atoms with Crippen LogP contribution in [-0.4, -0.2) is 54.2 Å². The molecule has 2 aromatic carbocycles. The van der Waals surface area contributed by atoms with Crippen molar-refractivity contribution in [3.8, 4) is 0 Å². The highest BCUT2D eigenvalue weighted by atomic mass is 32.2. The molecule has 194 valence electrons. The molecule has 36 heavy (non-hydrogen) atoms. The third kappa shape index (κ3) is 5.57. The van der Waals surface area contributed by atoms with E-state index in [0.29, 0.717) is 10.3 Å². The largest absolute Gasteiger partial charge is 0.391 e. The van der Waals surface area contributed by atoms with Crippen molar-refractivity contribution < 1.29 is 31.5 Å². The third-order valence-electron chi connectivity index (χ3n) is 6.30. The molecular weight excluding hydrogens is 517 g/mol. The molecule has 1 amide bonds. The van der Waals surface area contributed by atoms with Crippen molar-refractivity contribution in [1.82, 2.24) is 9.88 Å². The van der Waals surface area contributed by atoms with Crippen LogP contribution >= 0.6 is 11.3 Å². The van der Waals surface area contributed by atoms with Gasteiger partial charge in [0.2, 0.25) is 0 Å². The number of aliphatic hydroxyl groups is 1. The number of nitrogen functional groups attached to an aromatic ring is 1. The van der Waals surface area contributed by atoms with E-state index in [1.807, 2.05) is 0 Å². The van der Waals surface area contributed by atoms with E-state index in [0.717, 1.165) is 6.92 Å². The smallest absolute Gasteiger partial charge is 0.390 e. The summed E-state index contributed by atoms with van der Waals surface area (Å²) in [6, 6.07) is 10.6. The Kier molecular flexibility index (Phi) is 6.92. The number of rotatable bonds is 6. The minimum Gasteiger partial charge on any atom is -0.390 e. The van der Waals surface area contributed by atoms with Gasteiger partial charge in [-0.15, -0.1) is 0 Å². The van der Waals surface area contributed by atoms with E-state index in [1.165, 1.54) is 46.6 Å². The summed E-state index contributed by atoms with van der Waals surface area (Å²) in [5, 5.41) is 10.8. The molecule has 2 heterocycles. The summed E-state index contributed by atoms with van der Waals surface area (Å²) >= 11 is 1.18. The van der Waals surface area contributed by atoms with Crippen molar-refractivity contribution in [2.75, 3.05) is 23.5 Å². The first-order chi connectivity index (χ1) is 16.8. The number of anilines is 2. The van der Waals surface area contributed by atoms with Crippen LogP contribution in [0.5, 0.6) is 0 Å². The fourth-order valence-electron chi connectivity index (χ4n) is 4.25. The molecule has 3 aromatic rings. The number of benzene rings is 2. The van der Waals surface area contributed by atoms with E-state index in [1.54, 1.807) is 12.1 Å². The minimum absolute atomic E-state index is 0.0197. The number of carbonyl (C=O) groups excluding carboxylic acids is 1. The summed E-state index contributed by atoms with van der Waals surface area (Å²) in [6.45, 7) is 1.28. The van der Waals surface area contributed by atoms with E-state index in [9.17, 15) is 31.5 Å². The number of thiazole rings is 1. The number of nitrogens with one attached hydrogen (secondary N) is 1. The normalized spacial score (nSPS) is 17.2. The number of carbonyl (C=O) groups is 1. The number of nitrogens with two attached hydrogens (primary N) is 1. The van der Waals surface area contributed by atoms with E-state index >= 15 is 0 Å².